The lowest BCUT2D eigenvalue weighted by atomic mass is 10.2. The van der Waals surface area contributed by atoms with Crippen LogP contribution in [0.3, 0.4) is 0 Å². The van der Waals surface area contributed by atoms with E-state index in [0.717, 1.165) is 29.1 Å². The first kappa shape index (κ1) is 25.8. The Morgan fingerprint density at radius 2 is 1.56 bits per heavy atom. The fourth-order valence-electron chi connectivity index (χ4n) is 3.52. The zero-order valence-corrected chi connectivity index (χ0v) is 21.6. The second kappa shape index (κ2) is 12.1. The van der Waals surface area contributed by atoms with Crippen LogP contribution in [0.2, 0.25) is 0 Å². The van der Waals surface area contributed by atoms with Gasteiger partial charge in [-0.05, 0) is 68.3 Å². The molecule has 3 rings (SSSR count). The largest absolute Gasteiger partial charge is 0.354 e. The maximum absolute atomic E-state index is 13.4. The summed E-state index contributed by atoms with van der Waals surface area (Å²) in [6.07, 6.45) is 0.817. The van der Waals surface area contributed by atoms with Gasteiger partial charge in [-0.1, -0.05) is 59.7 Å². The normalized spacial score (nSPS) is 11.3. The molecule has 0 atom stereocenters. The topological polar surface area (TPSA) is 66.5 Å². The molecule has 1 amide bonds. The molecule has 0 unspecified atom stereocenters. The molecule has 0 aromatic heterocycles. The van der Waals surface area contributed by atoms with Gasteiger partial charge in [-0.2, -0.15) is 11.8 Å². The average Bonchev–Trinajstić information content (AvgIpc) is 2.80. The van der Waals surface area contributed by atoms with Crippen molar-refractivity contribution >= 4 is 33.4 Å². The third-order valence-electron chi connectivity index (χ3n) is 5.32. The van der Waals surface area contributed by atoms with E-state index < -0.39 is 10.0 Å². The van der Waals surface area contributed by atoms with E-state index in [0.29, 0.717) is 12.2 Å². The molecule has 0 spiro atoms. The molecule has 0 heterocycles. The van der Waals surface area contributed by atoms with Crippen molar-refractivity contribution in [3.05, 3.63) is 95.1 Å². The molecule has 180 valence electrons. The van der Waals surface area contributed by atoms with E-state index in [4.69, 9.17) is 0 Å². The predicted molar refractivity (Wildman–Crippen MR) is 142 cm³/mol. The molecule has 1 N–H and O–H groups in total. The smallest absolute Gasteiger partial charge is 0.264 e. The number of rotatable bonds is 11. The highest BCUT2D eigenvalue weighted by molar-refractivity contribution is 7.98. The Bertz CT molecular complexity index is 1210. The van der Waals surface area contributed by atoms with Crippen LogP contribution in [0, 0.1) is 20.8 Å². The van der Waals surface area contributed by atoms with Crippen molar-refractivity contribution in [2.75, 3.05) is 23.1 Å². The Morgan fingerprint density at radius 3 is 2.24 bits per heavy atom. The van der Waals surface area contributed by atoms with E-state index in [-0.39, 0.29) is 17.3 Å². The lowest BCUT2D eigenvalue weighted by Gasteiger charge is -2.24. The molecule has 7 heteroatoms. The predicted octanol–water partition coefficient (Wildman–Crippen LogP) is 5.25. The van der Waals surface area contributed by atoms with Crippen molar-refractivity contribution in [1.29, 1.82) is 0 Å². The van der Waals surface area contributed by atoms with E-state index in [2.05, 4.69) is 36.5 Å². The summed E-state index contributed by atoms with van der Waals surface area (Å²) < 4.78 is 28.0. The molecular weight excluding hydrogens is 464 g/mol. The number of carbonyl (C=O) groups is 1. The van der Waals surface area contributed by atoms with Crippen LogP contribution < -0.4 is 9.62 Å². The second-order valence-electron chi connectivity index (χ2n) is 8.41. The van der Waals surface area contributed by atoms with E-state index in [9.17, 15) is 13.2 Å². The molecule has 3 aromatic rings. The van der Waals surface area contributed by atoms with Gasteiger partial charge in [0.2, 0.25) is 5.91 Å². The number of sulfonamides is 1. The van der Waals surface area contributed by atoms with Crippen LogP contribution in [0.4, 0.5) is 5.69 Å². The number of benzene rings is 3. The molecular formula is C27H32N2O3S2. The Balaban J connectivity index is 1.59. The molecule has 0 aliphatic rings. The summed E-state index contributed by atoms with van der Waals surface area (Å²) in [7, 11) is -3.89. The molecule has 0 saturated heterocycles. The third kappa shape index (κ3) is 7.37. The van der Waals surface area contributed by atoms with Crippen LogP contribution in [-0.4, -0.2) is 33.2 Å². The van der Waals surface area contributed by atoms with Crippen molar-refractivity contribution in [2.45, 2.75) is 37.8 Å². The Hall–Kier alpha value is -2.77. The van der Waals surface area contributed by atoms with Gasteiger partial charge in [0.1, 0.15) is 6.54 Å². The SMILES string of the molecule is Cc1ccc(S(=O)(=O)N(CC(=O)NCCCSCc2cccc(C)c2)c2cccc(C)c2)cc1. The standard InChI is InChI=1S/C27H32N2O3S2/c1-21-11-13-26(14-12-21)34(31,32)29(25-10-5-8-23(3)18-25)19-27(30)28-15-6-16-33-20-24-9-4-7-22(2)17-24/h4-5,7-14,17-18H,6,15-16,19-20H2,1-3H3,(H,28,30). The van der Waals surface area contributed by atoms with Crippen LogP contribution in [0.15, 0.2) is 77.7 Å². The lowest BCUT2D eigenvalue weighted by Crippen LogP contribution is -2.41. The minimum atomic E-state index is -3.89. The van der Waals surface area contributed by atoms with Crippen molar-refractivity contribution in [3.63, 3.8) is 0 Å². The first-order valence-corrected chi connectivity index (χ1v) is 13.9. The highest BCUT2D eigenvalue weighted by atomic mass is 32.2. The van der Waals surface area contributed by atoms with Gasteiger partial charge in [-0.15, -0.1) is 0 Å². The molecule has 0 aliphatic carbocycles. The molecule has 3 aromatic carbocycles. The van der Waals surface area contributed by atoms with Crippen molar-refractivity contribution < 1.29 is 13.2 Å². The molecule has 34 heavy (non-hydrogen) atoms. The van der Waals surface area contributed by atoms with Gasteiger partial charge in [0, 0.05) is 12.3 Å². The van der Waals surface area contributed by atoms with E-state index >= 15 is 0 Å². The van der Waals surface area contributed by atoms with Crippen molar-refractivity contribution in [2.24, 2.45) is 0 Å². The zero-order valence-electron chi connectivity index (χ0n) is 20.0. The van der Waals surface area contributed by atoms with Crippen LogP contribution in [-0.2, 0) is 20.6 Å². The van der Waals surface area contributed by atoms with Gasteiger partial charge in [0.05, 0.1) is 10.6 Å². The van der Waals surface area contributed by atoms with E-state index in [1.54, 1.807) is 42.5 Å². The summed E-state index contributed by atoms with van der Waals surface area (Å²) >= 11 is 1.82. The zero-order chi connectivity index (χ0) is 24.6. The number of anilines is 1. The van der Waals surface area contributed by atoms with Gasteiger partial charge >= 0.3 is 0 Å². The summed E-state index contributed by atoms with van der Waals surface area (Å²) in [6, 6.07) is 22.3. The Morgan fingerprint density at radius 1 is 0.882 bits per heavy atom. The van der Waals surface area contributed by atoms with Crippen molar-refractivity contribution in [3.8, 4) is 0 Å². The summed E-state index contributed by atoms with van der Waals surface area (Å²) in [5.41, 5.74) is 4.92. The van der Waals surface area contributed by atoms with Crippen LogP contribution in [0.25, 0.3) is 0 Å². The van der Waals surface area contributed by atoms with E-state index in [1.165, 1.54) is 15.4 Å². The minimum Gasteiger partial charge on any atom is -0.354 e. The number of nitrogens with one attached hydrogen (secondary N) is 1. The molecule has 0 radical (unpaired) electrons. The fourth-order valence-corrected chi connectivity index (χ4v) is 5.84. The van der Waals surface area contributed by atoms with Gasteiger partial charge < -0.3 is 5.32 Å². The number of thioether (sulfide) groups is 1. The summed E-state index contributed by atoms with van der Waals surface area (Å²) in [4.78, 5) is 12.9. The van der Waals surface area contributed by atoms with Gasteiger partial charge in [-0.3, -0.25) is 9.10 Å². The molecule has 5 nitrogen and oxygen atoms in total. The Labute approximate surface area is 207 Å². The number of amides is 1. The van der Waals surface area contributed by atoms with E-state index in [1.807, 2.05) is 31.7 Å². The minimum absolute atomic E-state index is 0.167. The molecule has 0 fully saturated rings. The van der Waals surface area contributed by atoms with Gasteiger partial charge in [-0.25, -0.2) is 8.42 Å². The maximum atomic E-state index is 13.4. The summed E-state index contributed by atoms with van der Waals surface area (Å²) in [5.74, 6) is 1.53. The number of nitrogens with zero attached hydrogens (tertiary/aromatic N) is 1. The van der Waals surface area contributed by atoms with Crippen molar-refractivity contribution in [1.82, 2.24) is 5.32 Å². The summed E-state index contributed by atoms with van der Waals surface area (Å²) in [6.45, 7) is 6.13. The van der Waals surface area contributed by atoms with Gasteiger partial charge in [0.25, 0.3) is 10.0 Å². The highest BCUT2D eigenvalue weighted by Gasteiger charge is 2.27. The monoisotopic (exact) mass is 496 g/mol. The average molecular weight is 497 g/mol. The van der Waals surface area contributed by atoms with Gasteiger partial charge in [0.15, 0.2) is 0 Å². The molecule has 0 bridgehead atoms. The lowest BCUT2D eigenvalue weighted by molar-refractivity contribution is -0.119. The van der Waals surface area contributed by atoms with Crippen LogP contribution >= 0.6 is 11.8 Å². The first-order chi connectivity index (χ1) is 16.3. The molecule has 0 saturated carbocycles. The van der Waals surface area contributed by atoms with Crippen LogP contribution in [0.1, 0.15) is 28.7 Å². The number of aryl methyl sites for hydroxylation is 3. The number of carbonyl (C=O) groups excluding carboxylic acids is 1. The maximum Gasteiger partial charge on any atom is 0.264 e. The number of hydrogen-bond acceptors (Lipinski definition) is 4. The summed E-state index contributed by atoms with van der Waals surface area (Å²) in [5, 5.41) is 2.88. The van der Waals surface area contributed by atoms with Crippen LogP contribution in [0.5, 0.6) is 0 Å². The Kier molecular flexibility index (Phi) is 9.19. The highest BCUT2D eigenvalue weighted by Crippen LogP contribution is 2.24. The third-order valence-corrected chi connectivity index (χ3v) is 8.23. The second-order valence-corrected chi connectivity index (χ2v) is 11.4. The molecule has 0 aliphatic heterocycles. The fraction of sp³-hybridized carbons (Fsp3) is 0.296. The first-order valence-electron chi connectivity index (χ1n) is 11.3. The number of hydrogen-bond donors (Lipinski definition) is 1. The quantitative estimate of drug-likeness (QED) is 0.368.